The summed E-state index contributed by atoms with van der Waals surface area (Å²) in [4.78, 5) is 0. The minimum absolute atomic E-state index is 0.00951. The first-order chi connectivity index (χ1) is 9.81. The van der Waals surface area contributed by atoms with Crippen LogP contribution in [0.3, 0.4) is 0 Å². The minimum Gasteiger partial charge on any atom is -0.484 e. The van der Waals surface area contributed by atoms with E-state index in [1.54, 1.807) is 0 Å². The van der Waals surface area contributed by atoms with Gasteiger partial charge in [0.25, 0.3) is 0 Å². The van der Waals surface area contributed by atoms with Crippen LogP contribution in [0.1, 0.15) is 24.5 Å². The third kappa shape index (κ3) is 3.75. The van der Waals surface area contributed by atoms with Gasteiger partial charge in [-0.25, -0.2) is 0 Å². The Labute approximate surface area is 124 Å². The fraction of sp³-hybridized carbons (Fsp3) is 0.294. The molecule has 0 aromatic heterocycles. The van der Waals surface area contributed by atoms with E-state index in [0.717, 1.165) is 12.3 Å². The molecule has 20 heavy (non-hydrogen) atoms. The molecule has 0 spiro atoms. The van der Waals surface area contributed by atoms with Gasteiger partial charge in [0.1, 0.15) is 11.9 Å². The summed E-state index contributed by atoms with van der Waals surface area (Å²) >= 11 is 6.02. The van der Waals surface area contributed by atoms with Crippen LogP contribution in [0.5, 0.6) is 5.75 Å². The molecular formula is C17H18ClNO. The van der Waals surface area contributed by atoms with Crippen molar-refractivity contribution in [2.45, 2.75) is 25.0 Å². The smallest absolute Gasteiger partial charge is 0.136 e. The first-order valence-corrected chi connectivity index (χ1v) is 7.39. The maximum atomic E-state index is 6.11. The van der Waals surface area contributed by atoms with Crippen molar-refractivity contribution in [2.24, 2.45) is 0 Å². The fourth-order valence-corrected chi connectivity index (χ4v) is 2.34. The molecule has 0 radical (unpaired) electrons. The third-order valence-electron chi connectivity index (χ3n) is 3.42. The number of ether oxygens (including phenoxy) is 1. The van der Waals surface area contributed by atoms with Crippen LogP contribution in [-0.2, 0) is 0 Å². The van der Waals surface area contributed by atoms with Crippen molar-refractivity contribution in [3.63, 3.8) is 0 Å². The van der Waals surface area contributed by atoms with Crippen LogP contribution in [0.2, 0.25) is 5.02 Å². The lowest BCUT2D eigenvalue weighted by molar-refractivity contribution is 0.201. The van der Waals surface area contributed by atoms with Gasteiger partial charge in [0.2, 0.25) is 0 Å². The topological polar surface area (TPSA) is 21.3 Å². The summed E-state index contributed by atoms with van der Waals surface area (Å²) in [6.07, 6.45) is 2.56. The molecule has 0 saturated heterocycles. The molecule has 0 heterocycles. The lowest BCUT2D eigenvalue weighted by Gasteiger charge is -2.20. The maximum Gasteiger partial charge on any atom is 0.136 e. The summed E-state index contributed by atoms with van der Waals surface area (Å²) in [5, 5.41) is 4.23. The minimum atomic E-state index is 0.00951. The maximum absolute atomic E-state index is 6.11. The molecule has 1 unspecified atom stereocenters. The highest BCUT2D eigenvalue weighted by atomic mass is 35.5. The summed E-state index contributed by atoms with van der Waals surface area (Å²) in [5.41, 5.74) is 1.18. The van der Waals surface area contributed by atoms with E-state index in [2.05, 4.69) is 17.4 Å². The lowest BCUT2D eigenvalue weighted by Crippen LogP contribution is -2.26. The molecule has 2 aromatic rings. The number of nitrogens with one attached hydrogen (secondary N) is 1. The van der Waals surface area contributed by atoms with Crippen LogP contribution >= 0.6 is 11.6 Å². The zero-order valence-electron chi connectivity index (χ0n) is 11.3. The molecule has 3 rings (SSSR count). The van der Waals surface area contributed by atoms with Gasteiger partial charge in [0, 0.05) is 17.6 Å². The number of benzene rings is 2. The number of hydrogen-bond acceptors (Lipinski definition) is 2. The van der Waals surface area contributed by atoms with Crippen molar-refractivity contribution in [1.29, 1.82) is 0 Å². The molecule has 104 valence electrons. The van der Waals surface area contributed by atoms with Crippen LogP contribution < -0.4 is 10.1 Å². The molecule has 2 aromatic carbocycles. The Hall–Kier alpha value is -1.51. The predicted molar refractivity (Wildman–Crippen MR) is 82.3 cm³/mol. The molecule has 3 heteroatoms. The Balaban J connectivity index is 1.73. The van der Waals surface area contributed by atoms with Crippen LogP contribution in [0, 0.1) is 0 Å². The SMILES string of the molecule is Clc1cccc(OC(CNC2CC2)c2ccccc2)c1. The van der Waals surface area contributed by atoms with Gasteiger partial charge in [-0.1, -0.05) is 48.0 Å². The zero-order valence-corrected chi connectivity index (χ0v) is 12.0. The summed E-state index contributed by atoms with van der Waals surface area (Å²) in [5.74, 6) is 0.809. The summed E-state index contributed by atoms with van der Waals surface area (Å²) in [7, 11) is 0. The van der Waals surface area contributed by atoms with E-state index in [-0.39, 0.29) is 6.10 Å². The van der Waals surface area contributed by atoms with Crippen molar-refractivity contribution >= 4 is 11.6 Å². The number of halogens is 1. The Morgan fingerprint density at radius 1 is 1.10 bits per heavy atom. The van der Waals surface area contributed by atoms with Gasteiger partial charge in [0.15, 0.2) is 0 Å². The van der Waals surface area contributed by atoms with Gasteiger partial charge in [0.05, 0.1) is 0 Å². The Morgan fingerprint density at radius 3 is 2.60 bits per heavy atom. The highest BCUT2D eigenvalue weighted by Crippen LogP contribution is 2.26. The van der Waals surface area contributed by atoms with Crippen LogP contribution in [0.25, 0.3) is 0 Å². The van der Waals surface area contributed by atoms with E-state index in [0.29, 0.717) is 11.1 Å². The second-order valence-corrected chi connectivity index (χ2v) is 5.59. The average Bonchev–Trinajstić information content (AvgIpc) is 3.29. The van der Waals surface area contributed by atoms with E-state index >= 15 is 0 Å². The van der Waals surface area contributed by atoms with Crippen LogP contribution in [0.15, 0.2) is 54.6 Å². The monoisotopic (exact) mass is 287 g/mol. The van der Waals surface area contributed by atoms with E-state index in [1.165, 1.54) is 18.4 Å². The van der Waals surface area contributed by atoms with Crippen LogP contribution in [0.4, 0.5) is 0 Å². The van der Waals surface area contributed by atoms with Gasteiger partial charge in [-0.05, 0) is 36.6 Å². The summed E-state index contributed by atoms with van der Waals surface area (Å²) in [6.45, 7) is 0.821. The molecule has 1 atom stereocenters. The van der Waals surface area contributed by atoms with Crippen molar-refractivity contribution in [2.75, 3.05) is 6.54 Å². The van der Waals surface area contributed by atoms with Crippen molar-refractivity contribution in [3.8, 4) is 5.75 Å². The van der Waals surface area contributed by atoms with Gasteiger partial charge in [-0.15, -0.1) is 0 Å². The Morgan fingerprint density at radius 2 is 1.90 bits per heavy atom. The second kappa shape index (κ2) is 6.29. The summed E-state index contributed by atoms with van der Waals surface area (Å²) in [6, 6.07) is 18.5. The number of rotatable bonds is 6. The molecule has 1 saturated carbocycles. The predicted octanol–water partition coefficient (Wildman–Crippen LogP) is 4.21. The van der Waals surface area contributed by atoms with Crippen molar-refractivity contribution < 1.29 is 4.74 Å². The van der Waals surface area contributed by atoms with E-state index < -0.39 is 0 Å². The highest BCUT2D eigenvalue weighted by molar-refractivity contribution is 6.30. The average molecular weight is 288 g/mol. The van der Waals surface area contributed by atoms with Crippen molar-refractivity contribution in [3.05, 3.63) is 65.2 Å². The fourth-order valence-electron chi connectivity index (χ4n) is 2.16. The third-order valence-corrected chi connectivity index (χ3v) is 3.65. The highest BCUT2D eigenvalue weighted by Gasteiger charge is 2.23. The van der Waals surface area contributed by atoms with E-state index in [1.807, 2.05) is 42.5 Å². The Kier molecular flexibility index (Phi) is 4.24. The van der Waals surface area contributed by atoms with Gasteiger partial charge in [-0.3, -0.25) is 0 Å². The van der Waals surface area contributed by atoms with Gasteiger partial charge in [-0.2, -0.15) is 0 Å². The first kappa shape index (κ1) is 13.5. The molecule has 0 aliphatic heterocycles. The van der Waals surface area contributed by atoms with E-state index in [9.17, 15) is 0 Å². The molecule has 1 fully saturated rings. The molecule has 0 bridgehead atoms. The first-order valence-electron chi connectivity index (χ1n) is 7.02. The lowest BCUT2D eigenvalue weighted by atomic mass is 10.1. The van der Waals surface area contributed by atoms with Crippen molar-refractivity contribution in [1.82, 2.24) is 5.32 Å². The molecule has 0 amide bonds. The largest absolute Gasteiger partial charge is 0.484 e. The number of hydrogen-bond donors (Lipinski definition) is 1. The normalized spacial score (nSPS) is 15.8. The second-order valence-electron chi connectivity index (χ2n) is 5.16. The molecule has 1 aliphatic carbocycles. The standard InChI is InChI=1S/C17H18ClNO/c18-14-7-4-8-16(11-14)20-17(12-19-15-9-10-15)13-5-2-1-3-6-13/h1-8,11,15,17,19H,9-10,12H2. The summed E-state index contributed by atoms with van der Waals surface area (Å²) < 4.78 is 6.11. The quantitative estimate of drug-likeness (QED) is 0.859. The molecule has 1 N–H and O–H groups in total. The van der Waals surface area contributed by atoms with Crippen LogP contribution in [-0.4, -0.2) is 12.6 Å². The Bertz CT molecular complexity index is 554. The molecule has 2 nitrogen and oxygen atoms in total. The van der Waals surface area contributed by atoms with Gasteiger partial charge >= 0.3 is 0 Å². The van der Waals surface area contributed by atoms with E-state index in [4.69, 9.17) is 16.3 Å². The zero-order chi connectivity index (χ0) is 13.8. The molecule has 1 aliphatic rings. The molecular weight excluding hydrogens is 270 g/mol. The van der Waals surface area contributed by atoms with Gasteiger partial charge < -0.3 is 10.1 Å².